The van der Waals surface area contributed by atoms with Crippen LogP contribution in [0.5, 0.6) is 5.75 Å². The van der Waals surface area contributed by atoms with Crippen LogP contribution < -0.4 is 9.64 Å². The fourth-order valence-corrected chi connectivity index (χ4v) is 4.87. The molecule has 1 saturated heterocycles. The van der Waals surface area contributed by atoms with E-state index in [4.69, 9.17) is 4.74 Å². The quantitative estimate of drug-likeness (QED) is 0.458. The number of hydrogen-bond donors (Lipinski definition) is 1. The number of aromatic nitrogens is 1. The Morgan fingerprint density at radius 1 is 0.909 bits per heavy atom. The molecule has 5 heteroatoms. The van der Waals surface area contributed by atoms with Crippen LogP contribution in [0, 0.1) is 0 Å². The van der Waals surface area contributed by atoms with Gasteiger partial charge in [0.1, 0.15) is 5.75 Å². The fourth-order valence-electron chi connectivity index (χ4n) is 4.87. The van der Waals surface area contributed by atoms with E-state index in [1.165, 1.54) is 16.5 Å². The Bertz CT molecular complexity index is 1230. The first-order chi connectivity index (χ1) is 16.2. The maximum absolute atomic E-state index is 13.5. The summed E-state index contributed by atoms with van der Waals surface area (Å²) < 4.78 is 5.53. The number of fused-ring (bicyclic) bond motifs is 1. The first kappa shape index (κ1) is 21.1. The smallest absolute Gasteiger partial charge is 0.223 e. The van der Waals surface area contributed by atoms with Crippen molar-refractivity contribution < 1.29 is 9.53 Å². The molecule has 5 nitrogen and oxygen atoms in total. The van der Waals surface area contributed by atoms with Gasteiger partial charge in [-0.2, -0.15) is 0 Å². The van der Waals surface area contributed by atoms with Crippen LogP contribution >= 0.6 is 0 Å². The van der Waals surface area contributed by atoms with Crippen LogP contribution in [0.4, 0.5) is 5.69 Å². The first-order valence-electron chi connectivity index (χ1n) is 11.5. The maximum Gasteiger partial charge on any atom is 0.223 e. The number of ether oxygens (including phenoxy) is 1. The highest BCUT2D eigenvalue weighted by atomic mass is 16.5. The average molecular weight is 440 g/mol. The van der Waals surface area contributed by atoms with E-state index in [-0.39, 0.29) is 11.8 Å². The van der Waals surface area contributed by atoms with Gasteiger partial charge < -0.3 is 19.5 Å². The molecule has 5 rings (SSSR count). The molecule has 0 saturated carbocycles. The summed E-state index contributed by atoms with van der Waals surface area (Å²) in [6.45, 7) is 3.03. The van der Waals surface area contributed by atoms with Crippen LogP contribution in [-0.4, -0.2) is 49.1 Å². The molecule has 1 atom stereocenters. The van der Waals surface area contributed by atoms with Crippen molar-refractivity contribution in [2.75, 3.05) is 38.2 Å². The van der Waals surface area contributed by atoms with Gasteiger partial charge in [0.15, 0.2) is 0 Å². The van der Waals surface area contributed by atoms with Crippen molar-refractivity contribution >= 4 is 22.5 Å². The molecule has 1 aliphatic heterocycles. The molecular formula is C28H29N3O2. The molecule has 1 aromatic heterocycles. The number of anilines is 1. The van der Waals surface area contributed by atoms with Gasteiger partial charge in [-0.05, 0) is 29.3 Å². The molecule has 0 aliphatic carbocycles. The van der Waals surface area contributed by atoms with E-state index in [2.05, 4.69) is 52.5 Å². The van der Waals surface area contributed by atoms with E-state index >= 15 is 0 Å². The van der Waals surface area contributed by atoms with Gasteiger partial charge in [-0.15, -0.1) is 0 Å². The number of nitrogens with one attached hydrogen (secondary N) is 1. The molecule has 1 fully saturated rings. The molecular weight excluding hydrogens is 410 g/mol. The number of methoxy groups -OCH3 is 1. The number of piperazine rings is 1. The van der Waals surface area contributed by atoms with Crippen molar-refractivity contribution in [1.29, 1.82) is 0 Å². The molecule has 1 unspecified atom stereocenters. The number of benzene rings is 3. The predicted octanol–water partition coefficient (Wildman–Crippen LogP) is 5.05. The predicted molar refractivity (Wildman–Crippen MR) is 133 cm³/mol. The molecule has 33 heavy (non-hydrogen) atoms. The normalized spacial score (nSPS) is 14.9. The zero-order chi connectivity index (χ0) is 22.6. The van der Waals surface area contributed by atoms with E-state index in [1.807, 2.05) is 47.4 Å². The van der Waals surface area contributed by atoms with E-state index in [1.54, 1.807) is 7.11 Å². The van der Waals surface area contributed by atoms with Crippen LogP contribution in [0.25, 0.3) is 10.9 Å². The SMILES string of the molecule is COc1ccccc1N1CCN(C(=O)CC(c2ccccc2)c2c[nH]c3ccccc23)CC1. The number of nitrogens with zero attached hydrogens (tertiary/aromatic N) is 2. The van der Waals surface area contributed by atoms with Gasteiger partial charge in [-0.1, -0.05) is 60.7 Å². The summed E-state index contributed by atoms with van der Waals surface area (Å²) in [5.74, 6) is 1.09. The summed E-state index contributed by atoms with van der Waals surface area (Å²) in [5, 5.41) is 1.18. The van der Waals surface area contributed by atoms with E-state index in [0.717, 1.165) is 30.0 Å². The van der Waals surface area contributed by atoms with E-state index in [9.17, 15) is 4.79 Å². The second-order valence-electron chi connectivity index (χ2n) is 8.50. The lowest BCUT2D eigenvalue weighted by atomic mass is 9.87. The molecule has 4 aromatic rings. The summed E-state index contributed by atoms with van der Waals surface area (Å²) in [6, 6.07) is 26.8. The third kappa shape index (κ3) is 4.31. The summed E-state index contributed by atoms with van der Waals surface area (Å²) in [6.07, 6.45) is 2.52. The maximum atomic E-state index is 13.5. The topological polar surface area (TPSA) is 48.6 Å². The van der Waals surface area contributed by atoms with Crippen molar-refractivity contribution in [3.8, 4) is 5.75 Å². The second-order valence-corrected chi connectivity index (χ2v) is 8.50. The van der Waals surface area contributed by atoms with Crippen molar-refractivity contribution in [2.24, 2.45) is 0 Å². The average Bonchev–Trinajstić information content (AvgIpc) is 3.31. The molecule has 2 heterocycles. The summed E-state index contributed by atoms with van der Waals surface area (Å²) in [5.41, 5.74) is 4.54. The zero-order valence-corrected chi connectivity index (χ0v) is 18.9. The number of rotatable bonds is 6. The van der Waals surface area contributed by atoms with Gasteiger partial charge in [0.25, 0.3) is 0 Å². The summed E-state index contributed by atoms with van der Waals surface area (Å²) >= 11 is 0. The van der Waals surface area contributed by atoms with Crippen molar-refractivity contribution in [2.45, 2.75) is 12.3 Å². The third-order valence-electron chi connectivity index (χ3n) is 6.64. The summed E-state index contributed by atoms with van der Waals surface area (Å²) in [7, 11) is 1.70. The fraction of sp³-hybridized carbons (Fsp3) is 0.250. The van der Waals surface area contributed by atoms with Crippen molar-refractivity contribution in [1.82, 2.24) is 9.88 Å². The highest BCUT2D eigenvalue weighted by molar-refractivity contribution is 5.86. The van der Waals surface area contributed by atoms with Crippen molar-refractivity contribution in [3.05, 3.63) is 96.2 Å². The van der Waals surface area contributed by atoms with Crippen molar-refractivity contribution in [3.63, 3.8) is 0 Å². The van der Waals surface area contributed by atoms with Gasteiger partial charge in [-0.25, -0.2) is 0 Å². The van der Waals surface area contributed by atoms with Gasteiger partial charge in [-0.3, -0.25) is 4.79 Å². The van der Waals surface area contributed by atoms with Gasteiger partial charge in [0.2, 0.25) is 5.91 Å². The highest BCUT2D eigenvalue weighted by Crippen LogP contribution is 2.34. The Balaban J connectivity index is 1.34. The lowest BCUT2D eigenvalue weighted by Gasteiger charge is -2.37. The minimum absolute atomic E-state index is 0.0158. The highest BCUT2D eigenvalue weighted by Gasteiger charge is 2.27. The van der Waals surface area contributed by atoms with Crippen LogP contribution in [0.15, 0.2) is 85.1 Å². The van der Waals surface area contributed by atoms with Gasteiger partial charge >= 0.3 is 0 Å². The van der Waals surface area contributed by atoms with Crippen LogP contribution in [-0.2, 0) is 4.79 Å². The Labute approximate surface area is 194 Å². The Kier molecular flexibility index (Phi) is 6.03. The van der Waals surface area contributed by atoms with Gasteiger partial charge in [0, 0.05) is 55.6 Å². The molecule has 1 aliphatic rings. The second kappa shape index (κ2) is 9.41. The lowest BCUT2D eigenvalue weighted by molar-refractivity contribution is -0.131. The number of carbonyl (C=O) groups is 1. The largest absolute Gasteiger partial charge is 0.495 e. The molecule has 168 valence electrons. The number of aromatic amines is 1. The number of para-hydroxylation sites is 3. The number of H-pyrrole nitrogens is 1. The zero-order valence-electron chi connectivity index (χ0n) is 18.9. The molecule has 0 bridgehead atoms. The van der Waals surface area contributed by atoms with Crippen LogP contribution in [0.3, 0.4) is 0 Å². The first-order valence-corrected chi connectivity index (χ1v) is 11.5. The Morgan fingerprint density at radius 2 is 1.61 bits per heavy atom. The monoisotopic (exact) mass is 439 g/mol. The molecule has 0 radical (unpaired) electrons. The Morgan fingerprint density at radius 3 is 2.39 bits per heavy atom. The molecule has 0 spiro atoms. The van der Waals surface area contributed by atoms with E-state index < -0.39 is 0 Å². The number of hydrogen-bond acceptors (Lipinski definition) is 3. The lowest BCUT2D eigenvalue weighted by Crippen LogP contribution is -2.49. The number of amides is 1. The third-order valence-corrected chi connectivity index (χ3v) is 6.64. The standard InChI is InChI=1S/C28H29N3O2/c1-33-27-14-8-7-13-26(27)30-15-17-31(18-16-30)28(32)19-23(21-9-3-2-4-10-21)24-20-29-25-12-6-5-11-22(24)25/h2-14,20,23,29H,15-19H2,1H3. The molecule has 1 amide bonds. The molecule has 1 N–H and O–H groups in total. The minimum Gasteiger partial charge on any atom is -0.495 e. The van der Waals surface area contributed by atoms with Crippen LogP contribution in [0.1, 0.15) is 23.5 Å². The van der Waals surface area contributed by atoms with E-state index in [0.29, 0.717) is 19.5 Å². The molecule has 3 aromatic carbocycles. The Hall–Kier alpha value is -3.73. The number of carbonyl (C=O) groups excluding carboxylic acids is 1. The summed E-state index contributed by atoms with van der Waals surface area (Å²) in [4.78, 5) is 21.1. The van der Waals surface area contributed by atoms with Gasteiger partial charge in [0.05, 0.1) is 12.8 Å². The van der Waals surface area contributed by atoms with Crippen LogP contribution in [0.2, 0.25) is 0 Å². The minimum atomic E-state index is 0.0158.